The zero-order valence-corrected chi connectivity index (χ0v) is 14.1. The summed E-state index contributed by atoms with van der Waals surface area (Å²) in [6, 6.07) is 13.3. The van der Waals surface area contributed by atoms with Crippen LogP contribution in [0.1, 0.15) is 0 Å². The molecule has 138 valence electrons. The molecule has 1 aliphatic heterocycles. The molecule has 0 aromatic heterocycles. The Bertz CT molecular complexity index is 737. The maximum atomic E-state index is 10.6. The fourth-order valence-corrected chi connectivity index (χ4v) is 2.58. The third kappa shape index (κ3) is 4.84. The largest absolute Gasteiger partial charge is 0.491 e. The van der Waals surface area contributed by atoms with E-state index in [1.54, 1.807) is 0 Å². The van der Waals surface area contributed by atoms with Crippen LogP contribution in [-0.2, 0) is 0 Å². The van der Waals surface area contributed by atoms with Crippen LogP contribution < -0.4 is 19.5 Å². The van der Waals surface area contributed by atoms with E-state index in [1.165, 1.54) is 24.3 Å². The average molecular weight is 361 g/mol. The number of benzene rings is 2. The van der Waals surface area contributed by atoms with Crippen LogP contribution >= 0.6 is 0 Å². The summed E-state index contributed by atoms with van der Waals surface area (Å²) in [6.07, 6.45) is -0.741. The molecule has 0 radical (unpaired) electrons. The summed E-state index contributed by atoms with van der Waals surface area (Å²) in [5.74, 6) is 1.97. The normalized spacial score (nSPS) is 16.7. The smallest absolute Gasteiger partial charge is 0.269 e. The predicted octanol–water partition coefficient (Wildman–Crippen LogP) is 0.738. The molecule has 1 aliphatic rings. The minimum absolute atomic E-state index is 0.00232. The SMILES string of the molecule is O=[N+]([O-])c1ccc(OC[C@@H](O)C[NH2+]C[C@H]2COc3ccccc3O2)cc1. The highest BCUT2D eigenvalue weighted by atomic mass is 16.6. The van der Waals surface area contributed by atoms with Gasteiger partial charge in [-0.25, -0.2) is 0 Å². The van der Waals surface area contributed by atoms with Crippen molar-refractivity contribution in [3.8, 4) is 17.2 Å². The number of hydrogen-bond acceptors (Lipinski definition) is 6. The number of hydrogen-bond donors (Lipinski definition) is 2. The number of aliphatic hydroxyl groups excluding tert-OH is 1. The van der Waals surface area contributed by atoms with Gasteiger partial charge in [0.25, 0.3) is 5.69 Å². The lowest BCUT2D eigenvalue weighted by molar-refractivity contribution is -0.666. The van der Waals surface area contributed by atoms with Gasteiger partial charge in [-0.2, -0.15) is 0 Å². The van der Waals surface area contributed by atoms with Gasteiger partial charge in [0.05, 0.1) is 4.92 Å². The first-order valence-corrected chi connectivity index (χ1v) is 8.37. The van der Waals surface area contributed by atoms with E-state index in [4.69, 9.17) is 14.2 Å². The van der Waals surface area contributed by atoms with Crippen molar-refractivity contribution >= 4 is 5.69 Å². The van der Waals surface area contributed by atoms with Gasteiger partial charge >= 0.3 is 0 Å². The van der Waals surface area contributed by atoms with E-state index in [9.17, 15) is 15.2 Å². The minimum atomic E-state index is -0.665. The molecule has 26 heavy (non-hydrogen) atoms. The maximum Gasteiger partial charge on any atom is 0.269 e. The highest BCUT2D eigenvalue weighted by Crippen LogP contribution is 2.30. The molecular formula is C18H21N2O6+. The Morgan fingerprint density at radius 1 is 1.23 bits per heavy atom. The quantitative estimate of drug-likeness (QED) is 0.530. The lowest BCUT2D eigenvalue weighted by Gasteiger charge is -2.25. The van der Waals surface area contributed by atoms with Crippen molar-refractivity contribution in [2.24, 2.45) is 0 Å². The van der Waals surface area contributed by atoms with Crippen LogP contribution in [0.3, 0.4) is 0 Å². The number of aliphatic hydroxyl groups is 1. The lowest BCUT2D eigenvalue weighted by Crippen LogP contribution is -2.89. The van der Waals surface area contributed by atoms with Crippen molar-refractivity contribution in [2.45, 2.75) is 12.2 Å². The molecule has 2 aromatic rings. The summed E-state index contributed by atoms with van der Waals surface area (Å²) in [6.45, 7) is 1.69. The molecular weight excluding hydrogens is 340 g/mol. The Kier molecular flexibility index (Phi) is 5.88. The van der Waals surface area contributed by atoms with Crippen molar-refractivity contribution in [1.82, 2.24) is 0 Å². The van der Waals surface area contributed by atoms with Crippen LogP contribution in [0.5, 0.6) is 17.2 Å². The fraction of sp³-hybridized carbons (Fsp3) is 0.333. The molecule has 0 amide bonds. The van der Waals surface area contributed by atoms with E-state index < -0.39 is 11.0 Å². The highest BCUT2D eigenvalue weighted by molar-refractivity contribution is 5.40. The Morgan fingerprint density at radius 2 is 1.96 bits per heavy atom. The van der Waals surface area contributed by atoms with Gasteiger partial charge < -0.3 is 24.6 Å². The van der Waals surface area contributed by atoms with E-state index in [0.29, 0.717) is 25.4 Å². The van der Waals surface area contributed by atoms with Crippen molar-refractivity contribution in [3.63, 3.8) is 0 Å². The van der Waals surface area contributed by atoms with Gasteiger partial charge in [0, 0.05) is 12.1 Å². The Hall–Kier alpha value is -2.84. The van der Waals surface area contributed by atoms with Crippen LogP contribution in [0.4, 0.5) is 5.69 Å². The summed E-state index contributed by atoms with van der Waals surface area (Å²) in [7, 11) is 0. The first-order valence-electron chi connectivity index (χ1n) is 8.37. The Labute approximate surface area is 150 Å². The number of nitro groups is 1. The number of nitro benzene ring substituents is 1. The van der Waals surface area contributed by atoms with E-state index >= 15 is 0 Å². The summed E-state index contributed by atoms with van der Waals surface area (Å²) >= 11 is 0. The molecule has 2 atom stereocenters. The summed E-state index contributed by atoms with van der Waals surface area (Å²) in [5.41, 5.74) is 0.00232. The molecule has 0 fully saturated rings. The van der Waals surface area contributed by atoms with Crippen LogP contribution in [0.25, 0.3) is 0 Å². The molecule has 1 heterocycles. The van der Waals surface area contributed by atoms with Gasteiger partial charge in [-0.15, -0.1) is 0 Å². The van der Waals surface area contributed by atoms with Gasteiger partial charge in [0.2, 0.25) is 0 Å². The monoisotopic (exact) mass is 361 g/mol. The van der Waals surface area contributed by atoms with Gasteiger partial charge in [-0.3, -0.25) is 10.1 Å². The third-order valence-electron chi connectivity index (χ3n) is 3.93. The van der Waals surface area contributed by atoms with Crippen LogP contribution in [0.2, 0.25) is 0 Å². The van der Waals surface area contributed by atoms with E-state index in [-0.39, 0.29) is 18.4 Å². The number of para-hydroxylation sites is 2. The van der Waals surface area contributed by atoms with Gasteiger partial charge in [0.1, 0.15) is 38.2 Å². The molecule has 3 rings (SSSR count). The van der Waals surface area contributed by atoms with Crippen molar-refractivity contribution in [1.29, 1.82) is 0 Å². The molecule has 8 nitrogen and oxygen atoms in total. The third-order valence-corrected chi connectivity index (χ3v) is 3.93. The summed E-state index contributed by atoms with van der Waals surface area (Å²) in [5, 5.41) is 22.6. The van der Waals surface area contributed by atoms with Gasteiger partial charge in [-0.05, 0) is 24.3 Å². The zero-order valence-electron chi connectivity index (χ0n) is 14.1. The average Bonchev–Trinajstić information content (AvgIpc) is 2.66. The number of nitrogens with zero attached hydrogens (tertiary/aromatic N) is 1. The Balaban J connectivity index is 1.35. The van der Waals surface area contributed by atoms with Crippen molar-refractivity contribution < 1.29 is 29.6 Å². The molecule has 0 saturated heterocycles. The minimum Gasteiger partial charge on any atom is -0.491 e. The molecule has 0 aliphatic carbocycles. The fourth-order valence-electron chi connectivity index (χ4n) is 2.58. The van der Waals surface area contributed by atoms with E-state index in [0.717, 1.165) is 11.5 Å². The number of non-ortho nitro benzene ring substituents is 1. The van der Waals surface area contributed by atoms with Crippen LogP contribution in [0, 0.1) is 10.1 Å². The molecule has 0 bridgehead atoms. The standard InChI is InChI=1S/C18H20N2O6/c21-14(11-24-15-7-5-13(6-8-15)20(22)23)9-19-10-16-12-25-17-3-1-2-4-18(17)26-16/h1-8,14,16,19,21H,9-12H2/p+1/t14-,16-/m0/s1. The molecule has 2 aromatic carbocycles. The van der Waals surface area contributed by atoms with Gasteiger partial charge in [-0.1, -0.05) is 12.1 Å². The summed E-state index contributed by atoms with van der Waals surface area (Å²) < 4.78 is 16.9. The second-order valence-electron chi connectivity index (χ2n) is 5.97. The van der Waals surface area contributed by atoms with Crippen molar-refractivity contribution in [2.75, 3.05) is 26.3 Å². The number of fused-ring (bicyclic) bond motifs is 1. The topological polar surface area (TPSA) is 108 Å². The lowest BCUT2D eigenvalue weighted by atomic mass is 10.2. The van der Waals surface area contributed by atoms with Gasteiger partial charge in [0.15, 0.2) is 17.6 Å². The zero-order chi connectivity index (χ0) is 18.4. The number of quaternary nitrogens is 1. The number of rotatable bonds is 8. The first kappa shape index (κ1) is 18.0. The molecule has 0 saturated carbocycles. The summed E-state index contributed by atoms with van der Waals surface area (Å²) in [4.78, 5) is 10.1. The highest BCUT2D eigenvalue weighted by Gasteiger charge is 2.22. The van der Waals surface area contributed by atoms with Crippen molar-refractivity contribution in [3.05, 3.63) is 58.6 Å². The maximum absolute atomic E-state index is 10.6. The number of ether oxygens (including phenoxy) is 3. The molecule has 3 N–H and O–H groups in total. The van der Waals surface area contributed by atoms with E-state index in [1.807, 2.05) is 29.6 Å². The number of nitrogens with two attached hydrogens (primary N) is 1. The molecule has 0 spiro atoms. The molecule has 8 heteroatoms. The molecule has 0 unspecified atom stereocenters. The van der Waals surface area contributed by atoms with E-state index in [2.05, 4.69) is 0 Å². The second-order valence-corrected chi connectivity index (χ2v) is 5.97. The first-order chi connectivity index (χ1) is 12.6. The van der Waals surface area contributed by atoms with Crippen LogP contribution in [0.15, 0.2) is 48.5 Å². The second kappa shape index (κ2) is 8.50. The van der Waals surface area contributed by atoms with Crippen LogP contribution in [-0.4, -0.2) is 48.5 Å². The Morgan fingerprint density at radius 3 is 2.69 bits per heavy atom. The predicted molar refractivity (Wildman–Crippen MR) is 92.6 cm³/mol.